The van der Waals surface area contributed by atoms with Crippen molar-refractivity contribution in [1.82, 2.24) is 15.2 Å². The zero-order chi connectivity index (χ0) is 14.7. The number of aromatic amines is 1. The van der Waals surface area contributed by atoms with Crippen LogP contribution in [0.1, 0.15) is 0 Å². The van der Waals surface area contributed by atoms with E-state index in [-0.39, 0.29) is 11.7 Å². The molecule has 2 heterocycles. The van der Waals surface area contributed by atoms with E-state index in [0.717, 1.165) is 4.47 Å². The first-order chi connectivity index (χ1) is 10.2. The summed E-state index contributed by atoms with van der Waals surface area (Å²) in [4.78, 5) is 15.9. The lowest BCUT2D eigenvalue weighted by Gasteiger charge is -2.20. The predicted molar refractivity (Wildman–Crippen MR) is 80.9 cm³/mol. The first kappa shape index (κ1) is 14.2. The number of carbonyl (C=O) groups excluding carboxylic acids is 1. The highest BCUT2D eigenvalue weighted by Gasteiger charge is 2.16. The number of aromatic nitrogens is 3. The average molecular weight is 371 g/mol. The molecule has 0 saturated heterocycles. The monoisotopic (exact) mass is 370 g/mol. The van der Waals surface area contributed by atoms with Gasteiger partial charge in [0.2, 0.25) is 5.91 Å². The molecular weight excluding hydrogens is 360 g/mol. The molecule has 9 heteroatoms. The third-order valence-corrected chi connectivity index (χ3v) is 4.17. The molecule has 3 rings (SSSR count). The number of anilines is 1. The number of thioether (sulfide) groups is 1. The number of fused-ring (bicyclic) bond motifs is 1. The van der Waals surface area contributed by atoms with Gasteiger partial charge in [-0.25, -0.2) is 4.98 Å². The number of ether oxygens (including phenoxy) is 2. The van der Waals surface area contributed by atoms with E-state index in [0.29, 0.717) is 35.6 Å². The summed E-state index contributed by atoms with van der Waals surface area (Å²) in [7, 11) is 0. The van der Waals surface area contributed by atoms with Crippen molar-refractivity contribution in [2.75, 3.05) is 24.3 Å². The van der Waals surface area contributed by atoms with Gasteiger partial charge >= 0.3 is 0 Å². The summed E-state index contributed by atoms with van der Waals surface area (Å²) in [5.41, 5.74) is 0.641. The Morgan fingerprint density at radius 2 is 2.14 bits per heavy atom. The van der Waals surface area contributed by atoms with Crippen LogP contribution in [0.15, 0.2) is 28.1 Å². The summed E-state index contributed by atoms with van der Waals surface area (Å²) >= 11 is 4.68. The molecule has 1 aliphatic rings. The number of benzene rings is 1. The van der Waals surface area contributed by atoms with Gasteiger partial charge in [-0.2, -0.15) is 5.10 Å². The molecule has 0 bridgehead atoms. The van der Waals surface area contributed by atoms with Crippen LogP contribution in [0.25, 0.3) is 0 Å². The fraction of sp³-hybridized carbons (Fsp3) is 0.250. The largest absolute Gasteiger partial charge is 0.486 e. The number of nitrogens with one attached hydrogen (secondary N) is 2. The lowest BCUT2D eigenvalue weighted by molar-refractivity contribution is -0.113. The van der Waals surface area contributed by atoms with Crippen LogP contribution in [0.4, 0.5) is 5.69 Å². The molecular formula is C12H11BrN4O3S. The second kappa shape index (κ2) is 6.35. The number of nitrogens with zero attached hydrogens (tertiary/aromatic N) is 2. The van der Waals surface area contributed by atoms with Crippen LogP contribution in [-0.4, -0.2) is 40.1 Å². The van der Waals surface area contributed by atoms with E-state index < -0.39 is 0 Å². The van der Waals surface area contributed by atoms with Gasteiger partial charge in [0, 0.05) is 16.6 Å². The summed E-state index contributed by atoms with van der Waals surface area (Å²) < 4.78 is 11.7. The molecule has 1 aromatic carbocycles. The van der Waals surface area contributed by atoms with Crippen LogP contribution in [0.3, 0.4) is 0 Å². The summed E-state index contributed by atoms with van der Waals surface area (Å²) in [6.07, 6.45) is 1.40. The van der Waals surface area contributed by atoms with E-state index in [1.807, 2.05) is 0 Å². The summed E-state index contributed by atoms with van der Waals surface area (Å²) in [5, 5.41) is 9.83. The zero-order valence-corrected chi connectivity index (χ0v) is 13.2. The smallest absolute Gasteiger partial charge is 0.234 e. The molecule has 2 N–H and O–H groups in total. The van der Waals surface area contributed by atoms with Gasteiger partial charge in [-0.1, -0.05) is 11.8 Å². The van der Waals surface area contributed by atoms with Crippen molar-refractivity contribution in [3.05, 3.63) is 22.9 Å². The Morgan fingerprint density at radius 3 is 2.86 bits per heavy atom. The molecule has 0 aliphatic carbocycles. The fourth-order valence-electron chi connectivity index (χ4n) is 1.74. The average Bonchev–Trinajstić information content (AvgIpc) is 2.99. The van der Waals surface area contributed by atoms with Crippen LogP contribution >= 0.6 is 27.7 Å². The van der Waals surface area contributed by atoms with Gasteiger partial charge < -0.3 is 14.8 Å². The third-order valence-electron chi connectivity index (χ3n) is 2.64. The van der Waals surface area contributed by atoms with Gasteiger partial charge in [-0.15, -0.1) is 0 Å². The molecule has 1 aliphatic heterocycles. The zero-order valence-electron chi connectivity index (χ0n) is 10.8. The van der Waals surface area contributed by atoms with Crippen LogP contribution in [0.5, 0.6) is 11.5 Å². The van der Waals surface area contributed by atoms with Crippen LogP contribution in [-0.2, 0) is 4.79 Å². The van der Waals surface area contributed by atoms with Crippen molar-refractivity contribution in [3.63, 3.8) is 0 Å². The van der Waals surface area contributed by atoms with Crippen LogP contribution in [0.2, 0.25) is 0 Å². The lowest BCUT2D eigenvalue weighted by Crippen LogP contribution is -2.17. The summed E-state index contributed by atoms with van der Waals surface area (Å²) in [6.45, 7) is 1.03. The first-order valence-electron chi connectivity index (χ1n) is 6.09. The second-order valence-electron chi connectivity index (χ2n) is 4.10. The quantitative estimate of drug-likeness (QED) is 0.800. The summed E-state index contributed by atoms with van der Waals surface area (Å²) in [5.74, 6) is 1.38. The number of rotatable bonds is 4. The number of hydrogen-bond donors (Lipinski definition) is 2. The van der Waals surface area contributed by atoms with Crippen molar-refractivity contribution in [2.24, 2.45) is 0 Å². The van der Waals surface area contributed by atoms with E-state index in [9.17, 15) is 4.79 Å². The molecule has 110 valence electrons. The Balaban J connectivity index is 1.65. The maximum Gasteiger partial charge on any atom is 0.234 e. The topological polar surface area (TPSA) is 89.1 Å². The van der Waals surface area contributed by atoms with E-state index in [1.54, 1.807) is 12.1 Å². The number of carbonyl (C=O) groups is 1. The Labute approximate surface area is 132 Å². The van der Waals surface area contributed by atoms with Gasteiger partial charge in [-0.3, -0.25) is 9.89 Å². The van der Waals surface area contributed by atoms with Crippen molar-refractivity contribution in [3.8, 4) is 11.5 Å². The van der Waals surface area contributed by atoms with E-state index in [2.05, 4.69) is 36.4 Å². The number of hydrogen-bond acceptors (Lipinski definition) is 6. The maximum atomic E-state index is 11.9. The Hall–Kier alpha value is -1.74. The molecule has 0 saturated carbocycles. The van der Waals surface area contributed by atoms with E-state index >= 15 is 0 Å². The van der Waals surface area contributed by atoms with Crippen molar-refractivity contribution in [1.29, 1.82) is 0 Å². The third kappa shape index (κ3) is 3.48. The molecule has 0 fully saturated rings. The fourth-order valence-corrected chi connectivity index (χ4v) is 2.74. The van der Waals surface area contributed by atoms with E-state index in [1.165, 1.54) is 18.1 Å². The molecule has 1 aromatic heterocycles. The van der Waals surface area contributed by atoms with Crippen LogP contribution in [0, 0.1) is 0 Å². The molecule has 1 amide bonds. The Morgan fingerprint density at radius 1 is 1.38 bits per heavy atom. The standard InChI is InChI=1S/C12H11BrN4O3S/c13-7-3-9-10(20-2-1-19-9)4-8(7)16-11(18)5-21-12-14-6-15-17-12/h3-4,6H,1-2,5H2,(H,16,18)(H,14,15,17). The Kier molecular flexibility index (Phi) is 4.30. The van der Waals surface area contributed by atoms with Crippen molar-refractivity contribution in [2.45, 2.75) is 5.16 Å². The van der Waals surface area contributed by atoms with Gasteiger partial charge in [0.05, 0.1) is 11.4 Å². The minimum atomic E-state index is -0.145. The molecule has 0 atom stereocenters. The van der Waals surface area contributed by atoms with Crippen molar-refractivity contribution < 1.29 is 14.3 Å². The Bertz CT molecular complexity index is 650. The SMILES string of the molecule is O=C(CSc1ncn[nH]1)Nc1cc2c(cc1Br)OCCO2. The first-order valence-corrected chi connectivity index (χ1v) is 7.87. The number of amides is 1. The molecule has 21 heavy (non-hydrogen) atoms. The maximum absolute atomic E-state index is 11.9. The second-order valence-corrected chi connectivity index (χ2v) is 5.92. The van der Waals surface area contributed by atoms with Crippen molar-refractivity contribution >= 4 is 39.3 Å². The highest BCUT2D eigenvalue weighted by molar-refractivity contribution is 9.10. The van der Waals surface area contributed by atoms with Gasteiger partial charge in [0.1, 0.15) is 19.5 Å². The molecule has 0 radical (unpaired) electrons. The highest BCUT2D eigenvalue weighted by atomic mass is 79.9. The summed E-state index contributed by atoms with van der Waals surface area (Å²) in [6, 6.07) is 3.53. The highest BCUT2D eigenvalue weighted by Crippen LogP contribution is 2.38. The molecule has 0 spiro atoms. The van der Waals surface area contributed by atoms with Gasteiger partial charge in [-0.05, 0) is 15.9 Å². The van der Waals surface area contributed by atoms with Gasteiger partial charge in [0.25, 0.3) is 0 Å². The molecule has 7 nitrogen and oxygen atoms in total. The minimum Gasteiger partial charge on any atom is -0.486 e. The van der Waals surface area contributed by atoms with Gasteiger partial charge in [0.15, 0.2) is 16.7 Å². The molecule has 2 aromatic rings. The van der Waals surface area contributed by atoms with Crippen LogP contribution < -0.4 is 14.8 Å². The number of halogens is 1. The predicted octanol–water partition coefficient (Wildman–Crippen LogP) is 2.07. The molecule has 0 unspecified atom stereocenters. The lowest BCUT2D eigenvalue weighted by atomic mass is 10.2. The number of H-pyrrole nitrogens is 1. The minimum absolute atomic E-state index is 0.145. The van der Waals surface area contributed by atoms with E-state index in [4.69, 9.17) is 9.47 Å². The normalized spacial score (nSPS) is 13.0.